The van der Waals surface area contributed by atoms with Gasteiger partial charge in [0.15, 0.2) is 34.2 Å². The van der Waals surface area contributed by atoms with Crippen LogP contribution < -0.4 is 0 Å². The maximum Gasteiger partial charge on any atom is 0.435 e. The molecule has 472 valence electrons. The molecule has 3 aliphatic heterocycles. The lowest BCUT2D eigenvalue weighted by atomic mass is 9.77. The number of benzene rings is 2. The van der Waals surface area contributed by atoms with E-state index in [0.717, 1.165) is 16.3 Å². The van der Waals surface area contributed by atoms with Crippen molar-refractivity contribution in [2.24, 2.45) is 17.8 Å². The number of aromatic nitrogens is 2. The van der Waals surface area contributed by atoms with Crippen LogP contribution in [0, 0.1) is 24.7 Å². The molecule has 0 amide bonds. The van der Waals surface area contributed by atoms with Crippen molar-refractivity contribution in [2.45, 2.75) is 216 Å². The van der Waals surface area contributed by atoms with E-state index in [0.29, 0.717) is 18.5 Å². The van der Waals surface area contributed by atoms with Gasteiger partial charge < -0.3 is 63.4 Å². The third-order valence-corrected chi connectivity index (χ3v) is 18.9. The summed E-state index contributed by atoms with van der Waals surface area (Å²) >= 11 is 0. The summed E-state index contributed by atoms with van der Waals surface area (Å²) in [6, 6.07) is 11.3. The number of Topliss-reactive ketones (excluding diaryl/α,β-unsaturated/α-hetero) is 1. The number of hydrogen-bond acceptors (Lipinski definition) is 19. The highest BCUT2D eigenvalue weighted by Gasteiger charge is 2.53. The molecule has 3 saturated heterocycles. The Labute approximate surface area is 492 Å². The Kier molecular flexibility index (Phi) is 22.3. The van der Waals surface area contributed by atoms with Crippen LogP contribution in [0.15, 0.2) is 59.5 Å². The topological polar surface area (TPSA) is 255 Å². The number of hydrogen-bond donors (Lipinski definition) is 4. The van der Waals surface area contributed by atoms with Crippen LogP contribution in [-0.4, -0.2) is 197 Å². The highest BCUT2D eigenvalue weighted by molar-refractivity contribution is 7.92. The Morgan fingerprint density at radius 3 is 2.11 bits per heavy atom. The molecule has 2 aromatic carbocycles. The van der Waals surface area contributed by atoms with Gasteiger partial charge in [-0.2, -0.15) is 18.3 Å². The van der Waals surface area contributed by atoms with Crippen LogP contribution in [0.2, 0.25) is 0 Å². The molecule has 24 heteroatoms. The number of esters is 2. The van der Waals surface area contributed by atoms with E-state index < -0.39 is 160 Å². The van der Waals surface area contributed by atoms with Gasteiger partial charge in [0.25, 0.3) is 0 Å². The Hall–Kier alpha value is -4.44. The van der Waals surface area contributed by atoms with Gasteiger partial charge >= 0.3 is 18.1 Å². The molecule has 3 aliphatic rings. The molecule has 1 aromatic heterocycles. The molecule has 0 radical (unpaired) electrons. The summed E-state index contributed by atoms with van der Waals surface area (Å²) in [5, 5.41) is 51.6. The van der Waals surface area contributed by atoms with Gasteiger partial charge in [0.1, 0.15) is 35.4 Å². The fraction of sp³-hybridized carbons (Fsp3) is 0.700. The SMILES string of the molecule is CC[C@H]1OC(=O)[C@H](C)[C@@H](O[C@H]2C[C@@](C)(OC)[C@@H](O)[C@H](C)O2)[C@H](C)[C@@H](O[C@@H]2O[C@H](C)CC(N(C)C)[C@H]2OC(=O)CCC(=O)CS(=O)(=O)c2ccc(-n3nc(C(F)(F)F)cc3-c3ccc(C)cc3)cc2)[C@](C)(O)C[C@@H](C)CN(C)[C@H](C)[C@@H](O)[C@]1(C)O. The maximum absolute atomic E-state index is 14.6. The number of carbonyl (C=O) groups excluding carboxylic acids is 3. The predicted molar refractivity (Wildman–Crippen MR) is 303 cm³/mol. The van der Waals surface area contributed by atoms with Crippen LogP contribution in [-0.2, 0) is 63.6 Å². The number of ether oxygens (including phenoxy) is 7. The standard InChI is InChI=1S/C60H89F3N4O16S/c1-16-47-59(11,74)52(70)38(7)66(14)31-34(3)29-57(9,73)54(36(5)50(37(6)55(72)80-47)82-49-30-58(10,77-15)53(71)39(8)79-49)83-56-51(45(65(12)13)27-35(4)78-56)81-48(69)26-23-42(68)32-84(75,76)43-24-21-41(22-25-43)67-44(28-46(64-67)60(61,62)63)40-19-17-33(2)18-20-40/h17-22,24-25,28,34-39,45,47,49-54,56,70-71,73-74H,16,23,26-27,29-32H2,1-15H3/t34-,35-,36+,37-,38-,39+,45?,47-,49+,50+,51-,52-,53+,54-,56+,57-,58-,59-/m1/s1. The molecule has 3 fully saturated rings. The summed E-state index contributed by atoms with van der Waals surface area (Å²) in [4.78, 5) is 45.5. The number of rotatable bonds is 16. The van der Waals surface area contributed by atoms with E-state index in [-0.39, 0.29) is 41.5 Å². The van der Waals surface area contributed by atoms with E-state index in [1.165, 1.54) is 38.3 Å². The molecular weight excluding hydrogens is 1120 g/mol. The van der Waals surface area contributed by atoms with Crippen molar-refractivity contribution in [3.63, 3.8) is 0 Å². The normalized spacial score (nSPS) is 35.5. The van der Waals surface area contributed by atoms with Crippen molar-refractivity contribution in [1.29, 1.82) is 0 Å². The number of halogens is 3. The average molecular weight is 1210 g/mol. The van der Waals surface area contributed by atoms with Gasteiger partial charge in [-0.1, -0.05) is 50.6 Å². The van der Waals surface area contributed by atoms with Gasteiger partial charge in [-0.15, -0.1) is 0 Å². The molecule has 0 aliphatic carbocycles. The van der Waals surface area contributed by atoms with Gasteiger partial charge in [0, 0.05) is 44.0 Å². The van der Waals surface area contributed by atoms with Crippen LogP contribution in [0.25, 0.3) is 16.9 Å². The summed E-state index contributed by atoms with van der Waals surface area (Å²) in [5.74, 6) is -6.00. The molecule has 18 atom stereocenters. The first-order chi connectivity index (χ1) is 38.9. The fourth-order valence-electron chi connectivity index (χ4n) is 12.1. The molecule has 3 aromatic rings. The second-order valence-electron chi connectivity index (χ2n) is 24.6. The fourth-order valence-corrected chi connectivity index (χ4v) is 13.4. The van der Waals surface area contributed by atoms with Gasteiger partial charge in [0.05, 0.1) is 70.3 Å². The number of nitrogens with zero attached hydrogens (tertiary/aromatic N) is 4. The number of sulfone groups is 1. The summed E-state index contributed by atoms with van der Waals surface area (Å²) in [7, 11) is 2.43. The highest BCUT2D eigenvalue weighted by atomic mass is 32.2. The molecule has 84 heavy (non-hydrogen) atoms. The van der Waals surface area contributed by atoms with Gasteiger partial charge in [-0.25, -0.2) is 13.1 Å². The Morgan fingerprint density at radius 1 is 0.893 bits per heavy atom. The van der Waals surface area contributed by atoms with E-state index >= 15 is 0 Å². The number of likely N-dealkylation sites (N-methyl/N-ethyl adjacent to an activating group) is 2. The number of aliphatic hydroxyl groups is 4. The van der Waals surface area contributed by atoms with Crippen molar-refractivity contribution in [3.8, 4) is 16.9 Å². The number of carbonyl (C=O) groups is 3. The van der Waals surface area contributed by atoms with Crippen molar-refractivity contribution in [3.05, 3.63) is 65.9 Å². The van der Waals surface area contributed by atoms with Crippen molar-refractivity contribution in [1.82, 2.24) is 19.6 Å². The molecule has 20 nitrogen and oxygen atoms in total. The minimum Gasteiger partial charge on any atom is -0.459 e. The lowest BCUT2D eigenvalue weighted by molar-refractivity contribution is -0.319. The number of ketones is 1. The molecular formula is C60H89F3N4O16S. The van der Waals surface area contributed by atoms with E-state index in [1.807, 2.05) is 23.6 Å². The average Bonchev–Trinajstić information content (AvgIpc) is 4.10. The van der Waals surface area contributed by atoms with Crippen LogP contribution in [0.1, 0.15) is 119 Å². The molecule has 0 bridgehead atoms. The Morgan fingerprint density at radius 2 is 1.52 bits per heavy atom. The van der Waals surface area contributed by atoms with Crippen molar-refractivity contribution >= 4 is 27.6 Å². The number of aliphatic hydroxyl groups excluding tert-OH is 2. The molecule has 1 unspecified atom stereocenters. The van der Waals surface area contributed by atoms with Crippen LogP contribution in [0.5, 0.6) is 0 Å². The lowest BCUT2D eigenvalue weighted by Crippen LogP contribution is -2.61. The zero-order valence-electron chi connectivity index (χ0n) is 51.0. The van der Waals surface area contributed by atoms with E-state index in [9.17, 15) is 56.4 Å². The molecule has 4 heterocycles. The van der Waals surface area contributed by atoms with Crippen LogP contribution in [0.3, 0.4) is 0 Å². The summed E-state index contributed by atoms with van der Waals surface area (Å²) < 4.78 is 115. The molecule has 6 rings (SSSR count). The van der Waals surface area contributed by atoms with Crippen LogP contribution >= 0.6 is 0 Å². The minimum absolute atomic E-state index is 0.00938. The largest absolute Gasteiger partial charge is 0.459 e. The number of cyclic esters (lactones) is 1. The van der Waals surface area contributed by atoms with Gasteiger partial charge in [0.2, 0.25) is 0 Å². The van der Waals surface area contributed by atoms with Crippen molar-refractivity contribution < 1.29 is 89.6 Å². The quantitative estimate of drug-likeness (QED) is 0.112. The maximum atomic E-state index is 14.6. The number of aryl methyl sites for hydroxylation is 1. The smallest absolute Gasteiger partial charge is 0.435 e. The lowest BCUT2D eigenvalue weighted by Gasteiger charge is -2.49. The Balaban J connectivity index is 1.27. The molecule has 0 saturated carbocycles. The summed E-state index contributed by atoms with van der Waals surface area (Å²) in [6.45, 7) is 19.0. The zero-order chi connectivity index (χ0) is 62.8. The predicted octanol–water partition coefficient (Wildman–Crippen LogP) is 6.45. The number of methoxy groups -OCH3 is 1. The number of alkyl halides is 3. The zero-order valence-corrected chi connectivity index (χ0v) is 51.8. The first-order valence-corrected chi connectivity index (χ1v) is 30.4. The summed E-state index contributed by atoms with van der Waals surface area (Å²) in [6.07, 6.45) is -16.5. The first-order valence-electron chi connectivity index (χ1n) is 28.8. The minimum atomic E-state index is -4.76. The highest BCUT2D eigenvalue weighted by Crippen LogP contribution is 2.41. The third-order valence-electron chi connectivity index (χ3n) is 17.2. The second-order valence-corrected chi connectivity index (χ2v) is 26.6. The third kappa shape index (κ3) is 16.0. The van der Waals surface area contributed by atoms with E-state index in [2.05, 4.69) is 5.10 Å². The van der Waals surface area contributed by atoms with E-state index in [4.69, 9.17) is 33.2 Å². The summed E-state index contributed by atoms with van der Waals surface area (Å²) in [5.41, 5.74) is -4.44. The van der Waals surface area contributed by atoms with Crippen LogP contribution in [0.4, 0.5) is 13.2 Å². The monoisotopic (exact) mass is 1210 g/mol. The Bertz CT molecular complexity index is 2820. The van der Waals surface area contributed by atoms with E-state index in [1.54, 1.807) is 101 Å². The second kappa shape index (κ2) is 27.3. The molecule has 4 N–H and O–H groups in total. The molecule has 0 spiro atoms. The van der Waals surface area contributed by atoms with Gasteiger partial charge in [-0.05, 0) is 132 Å². The first kappa shape index (κ1) is 68.7. The van der Waals surface area contributed by atoms with Gasteiger partial charge in [-0.3, -0.25) is 14.4 Å². The van der Waals surface area contributed by atoms with Crippen molar-refractivity contribution in [2.75, 3.05) is 40.6 Å².